The standard InChI is InChI=1S/C9H9F4NO/c1-3(14)9(15)6-7(12)4(10)2-5(11)8(6)13/h2-3,9,15H,14H2,1H3/t3-,9-/m0/s1. The Bertz CT molecular complexity index is 355. The highest BCUT2D eigenvalue weighted by atomic mass is 19.2. The molecule has 0 radical (unpaired) electrons. The van der Waals surface area contributed by atoms with Gasteiger partial charge in [-0.25, -0.2) is 17.6 Å². The Morgan fingerprint density at radius 1 is 1.13 bits per heavy atom. The third-order valence-corrected chi connectivity index (χ3v) is 1.94. The lowest BCUT2D eigenvalue weighted by Gasteiger charge is -2.16. The summed E-state index contributed by atoms with van der Waals surface area (Å²) in [6, 6.07) is -0.975. The summed E-state index contributed by atoms with van der Waals surface area (Å²) in [5, 5.41) is 9.27. The van der Waals surface area contributed by atoms with Crippen molar-refractivity contribution >= 4 is 0 Å². The van der Waals surface area contributed by atoms with E-state index >= 15 is 0 Å². The highest BCUT2D eigenvalue weighted by molar-refractivity contribution is 5.25. The Kier molecular flexibility index (Phi) is 3.31. The van der Waals surface area contributed by atoms with Crippen molar-refractivity contribution in [3.05, 3.63) is 34.9 Å². The fourth-order valence-corrected chi connectivity index (χ4v) is 1.11. The van der Waals surface area contributed by atoms with Gasteiger partial charge in [0.25, 0.3) is 0 Å². The minimum absolute atomic E-state index is 0.0715. The predicted octanol–water partition coefficient (Wildman–Crippen LogP) is 1.62. The van der Waals surface area contributed by atoms with Crippen LogP contribution in [0.3, 0.4) is 0 Å². The normalized spacial score (nSPS) is 15.1. The number of hydrogen-bond acceptors (Lipinski definition) is 2. The monoisotopic (exact) mass is 223 g/mol. The van der Waals surface area contributed by atoms with Crippen LogP contribution in [0.2, 0.25) is 0 Å². The molecule has 15 heavy (non-hydrogen) atoms. The molecule has 3 N–H and O–H groups in total. The van der Waals surface area contributed by atoms with Crippen molar-refractivity contribution in [2.75, 3.05) is 0 Å². The van der Waals surface area contributed by atoms with Crippen LogP contribution < -0.4 is 5.73 Å². The van der Waals surface area contributed by atoms with Gasteiger partial charge in [-0.15, -0.1) is 0 Å². The molecule has 0 saturated carbocycles. The quantitative estimate of drug-likeness (QED) is 0.591. The van der Waals surface area contributed by atoms with Crippen molar-refractivity contribution in [1.29, 1.82) is 0 Å². The number of aliphatic hydroxyl groups is 1. The predicted molar refractivity (Wildman–Crippen MR) is 44.9 cm³/mol. The molecule has 0 aromatic heterocycles. The molecule has 1 rings (SSSR count). The van der Waals surface area contributed by atoms with Crippen LogP contribution in [0, 0.1) is 23.3 Å². The second kappa shape index (κ2) is 4.16. The maximum absolute atomic E-state index is 13.1. The molecule has 6 heteroatoms. The fourth-order valence-electron chi connectivity index (χ4n) is 1.11. The Labute approximate surface area is 83.3 Å². The van der Waals surface area contributed by atoms with Crippen molar-refractivity contribution in [3.63, 3.8) is 0 Å². The fraction of sp³-hybridized carbons (Fsp3) is 0.333. The lowest BCUT2D eigenvalue weighted by molar-refractivity contribution is 0.141. The number of aliphatic hydroxyl groups excluding tert-OH is 1. The molecule has 0 fully saturated rings. The van der Waals surface area contributed by atoms with Gasteiger partial charge in [0, 0.05) is 12.1 Å². The lowest BCUT2D eigenvalue weighted by Crippen LogP contribution is -2.26. The van der Waals surface area contributed by atoms with Gasteiger partial charge in [0.1, 0.15) is 0 Å². The Morgan fingerprint density at radius 2 is 1.53 bits per heavy atom. The molecule has 0 spiro atoms. The molecular weight excluding hydrogens is 214 g/mol. The van der Waals surface area contributed by atoms with Gasteiger partial charge in [-0.05, 0) is 6.92 Å². The van der Waals surface area contributed by atoms with E-state index in [2.05, 4.69) is 0 Å². The summed E-state index contributed by atoms with van der Waals surface area (Å²) < 4.78 is 51.5. The van der Waals surface area contributed by atoms with Crippen LogP contribution in [0.1, 0.15) is 18.6 Å². The first-order valence-corrected chi connectivity index (χ1v) is 4.12. The lowest BCUT2D eigenvalue weighted by atomic mass is 10.0. The molecular formula is C9H9F4NO. The summed E-state index contributed by atoms with van der Waals surface area (Å²) in [7, 11) is 0. The Balaban J connectivity index is 3.39. The zero-order valence-corrected chi connectivity index (χ0v) is 7.77. The van der Waals surface area contributed by atoms with Gasteiger partial charge in [0.2, 0.25) is 0 Å². The third kappa shape index (κ3) is 2.10. The molecule has 0 aliphatic heterocycles. The number of halogens is 4. The van der Waals surface area contributed by atoms with Crippen molar-refractivity contribution in [2.24, 2.45) is 5.73 Å². The summed E-state index contributed by atoms with van der Waals surface area (Å²) in [5.74, 6) is -6.38. The van der Waals surface area contributed by atoms with Crippen LogP contribution in [0.4, 0.5) is 17.6 Å². The first-order chi connectivity index (χ1) is 6.86. The van der Waals surface area contributed by atoms with Gasteiger partial charge >= 0.3 is 0 Å². The average molecular weight is 223 g/mol. The zero-order chi connectivity index (χ0) is 11.7. The smallest absolute Gasteiger partial charge is 0.167 e. The molecule has 0 saturated heterocycles. The topological polar surface area (TPSA) is 46.2 Å². The van der Waals surface area contributed by atoms with E-state index in [9.17, 15) is 22.7 Å². The molecule has 0 aliphatic rings. The molecule has 1 aromatic carbocycles. The Morgan fingerprint density at radius 3 is 1.87 bits per heavy atom. The third-order valence-electron chi connectivity index (χ3n) is 1.94. The van der Waals surface area contributed by atoms with Gasteiger partial charge in [-0.3, -0.25) is 0 Å². The van der Waals surface area contributed by atoms with Crippen LogP contribution >= 0.6 is 0 Å². The number of hydrogen-bond donors (Lipinski definition) is 2. The van der Waals surface area contributed by atoms with Crippen LogP contribution in [0.25, 0.3) is 0 Å². The molecule has 0 aliphatic carbocycles. The number of benzene rings is 1. The maximum atomic E-state index is 13.1. The maximum Gasteiger partial charge on any atom is 0.167 e. The minimum atomic E-state index is -1.80. The Hall–Kier alpha value is -1.14. The van der Waals surface area contributed by atoms with Gasteiger partial charge in [0.15, 0.2) is 23.3 Å². The summed E-state index contributed by atoms with van der Waals surface area (Å²) in [6.07, 6.45) is -1.80. The molecule has 0 bridgehead atoms. The molecule has 2 atom stereocenters. The first-order valence-electron chi connectivity index (χ1n) is 4.12. The van der Waals surface area contributed by atoms with E-state index in [-0.39, 0.29) is 6.07 Å². The molecule has 2 nitrogen and oxygen atoms in total. The molecule has 0 amide bonds. The zero-order valence-electron chi connectivity index (χ0n) is 7.77. The SMILES string of the molecule is C[C@H](N)[C@H](O)c1c(F)c(F)cc(F)c1F. The van der Waals surface area contributed by atoms with E-state index in [1.807, 2.05) is 0 Å². The average Bonchev–Trinajstić information content (AvgIpc) is 2.15. The molecule has 1 aromatic rings. The molecule has 0 heterocycles. The van der Waals surface area contributed by atoms with Gasteiger partial charge in [-0.2, -0.15) is 0 Å². The van der Waals surface area contributed by atoms with Gasteiger partial charge in [0.05, 0.1) is 11.7 Å². The summed E-state index contributed by atoms with van der Waals surface area (Å²) in [5.41, 5.74) is 4.10. The van der Waals surface area contributed by atoms with Crippen LogP contribution in [0.5, 0.6) is 0 Å². The summed E-state index contributed by atoms with van der Waals surface area (Å²) in [6.45, 7) is 1.26. The van der Waals surface area contributed by atoms with Crippen LogP contribution in [0.15, 0.2) is 6.07 Å². The second-order valence-corrected chi connectivity index (χ2v) is 3.19. The molecule has 0 unspecified atom stereocenters. The summed E-state index contributed by atoms with van der Waals surface area (Å²) in [4.78, 5) is 0. The van der Waals surface area contributed by atoms with Gasteiger partial charge < -0.3 is 10.8 Å². The first kappa shape index (κ1) is 11.9. The van der Waals surface area contributed by atoms with Crippen LogP contribution in [-0.4, -0.2) is 11.1 Å². The number of nitrogens with two attached hydrogens (primary N) is 1. The van der Waals surface area contributed by atoms with E-state index < -0.39 is 41.0 Å². The molecule has 84 valence electrons. The second-order valence-electron chi connectivity index (χ2n) is 3.19. The van der Waals surface area contributed by atoms with Crippen molar-refractivity contribution in [1.82, 2.24) is 0 Å². The van der Waals surface area contributed by atoms with Crippen LogP contribution in [-0.2, 0) is 0 Å². The van der Waals surface area contributed by atoms with E-state index in [1.54, 1.807) is 0 Å². The van der Waals surface area contributed by atoms with E-state index in [1.165, 1.54) is 6.92 Å². The van der Waals surface area contributed by atoms with Crippen molar-refractivity contribution in [2.45, 2.75) is 19.1 Å². The van der Waals surface area contributed by atoms with E-state index in [0.29, 0.717) is 0 Å². The van der Waals surface area contributed by atoms with Crippen molar-refractivity contribution < 1.29 is 22.7 Å². The highest BCUT2D eigenvalue weighted by Crippen LogP contribution is 2.26. The van der Waals surface area contributed by atoms with E-state index in [0.717, 1.165) is 0 Å². The van der Waals surface area contributed by atoms with Gasteiger partial charge in [-0.1, -0.05) is 0 Å². The number of rotatable bonds is 2. The minimum Gasteiger partial charge on any atom is -0.387 e. The summed E-state index contributed by atoms with van der Waals surface area (Å²) >= 11 is 0. The van der Waals surface area contributed by atoms with Crippen molar-refractivity contribution in [3.8, 4) is 0 Å². The highest BCUT2D eigenvalue weighted by Gasteiger charge is 2.26. The largest absolute Gasteiger partial charge is 0.387 e. The van der Waals surface area contributed by atoms with E-state index in [4.69, 9.17) is 5.73 Å².